The van der Waals surface area contributed by atoms with Crippen LogP contribution in [0.1, 0.15) is 40.6 Å². The molecule has 0 bridgehead atoms. The number of hydrogen-bond donors (Lipinski definition) is 2. The number of hydrogen-bond acceptors (Lipinski definition) is 3. The molecule has 1 aliphatic heterocycles. The number of para-hydroxylation sites is 1. The van der Waals surface area contributed by atoms with Gasteiger partial charge in [-0.05, 0) is 78.8 Å². The van der Waals surface area contributed by atoms with Crippen LogP contribution in [-0.4, -0.2) is 8.42 Å². The van der Waals surface area contributed by atoms with Gasteiger partial charge in [0, 0.05) is 16.6 Å². The van der Waals surface area contributed by atoms with Crippen molar-refractivity contribution in [3.8, 4) is 0 Å². The Morgan fingerprint density at radius 3 is 2.50 bits per heavy atom. The van der Waals surface area contributed by atoms with Gasteiger partial charge in [0.05, 0.1) is 16.6 Å². The van der Waals surface area contributed by atoms with Gasteiger partial charge in [-0.3, -0.25) is 4.72 Å². The molecule has 2 aliphatic rings. The third-order valence-electron chi connectivity index (χ3n) is 6.57. The minimum Gasteiger partial charge on any atom is -0.378 e. The Kier molecular flexibility index (Phi) is 5.26. The number of nitrogens with one attached hydrogen (secondary N) is 2. The Bertz CT molecular complexity index is 1310. The summed E-state index contributed by atoms with van der Waals surface area (Å²) in [6.45, 7) is 3.82. The molecule has 32 heavy (non-hydrogen) atoms. The summed E-state index contributed by atoms with van der Waals surface area (Å²) in [5.41, 5.74) is 5.58. The van der Waals surface area contributed by atoms with Crippen LogP contribution in [-0.2, 0) is 10.0 Å². The van der Waals surface area contributed by atoms with Crippen molar-refractivity contribution in [2.24, 2.45) is 5.92 Å². The van der Waals surface area contributed by atoms with Crippen LogP contribution >= 0.6 is 11.6 Å². The summed E-state index contributed by atoms with van der Waals surface area (Å²) in [6, 6.07) is 19.2. The van der Waals surface area contributed by atoms with Crippen LogP contribution in [0.3, 0.4) is 0 Å². The van der Waals surface area contributed by atoms with Crippen molar-refractivity contribution < 1.29 is 8.42 Å². The summed E-state index contributed by atoms with van der Waals surface area (Å²) in [7, 11) is -3.71. The maximum atomic E-state index is 13.2. The van der Waals surface area contributed by atoms with Gasteiger partial charge in [-0.2, -0.15) is 0 Å². The number of benzene rings is 3. The number of allylic oxidation sites excluding steroid dienone is 2. The predicted octanol–water partition coefficient (Wildman–Crippen LogP) is 6.58. The number of rotatable bonds is 4. The molecule has 0 saturated carbocycles. The van der Waals surface area contributed by atoms with Crippen LogP contribution in [0.25, 0.3) is 0 Å². The Morgan fingerprint density at radius 2 is 1.75 bits per heavy atom. The Hall–Kier alpha value is -2.76. The van der Waals surface area contributed by atoms with Gasteiger partial charge in [0.25, 0.3) is 10.0 Å². The average molecular weight is 465 g/mol. The van der Waals surface area contributed by atoms with Gasteiger partial charge < -0.3 is 5.32 Å². The van der Waals surface area contributed by atoms with E-state index in [1.54, 1.807) is 6.07 Å². The summed E-state index contributed by atoms with van der Waals surface area (Å²) in [5.74, 6) is 0.469. The van der Waals surface area contributed by atoms with Crippen molar-refractivity contribution in [1.82, 2.24) is 0 Å². The molecule has 0 aromatic heterocycles. The molecule has 0 fully saturated rings. The minimum absolute atomic E-state index is 0.122. The largest absolute Gasteiger partial charge is 0.378 e. The lowest BCUT2D eigenvalue weighted by Gasteiger charge is -2.37. The molecule has 164 valence electrons. The molecule has 3 atom stereocenters. The second kappa shape index (κ2) is 7.98. The zero-order valence-electron chi connectivity index (χ0n) is 18.0. The molecule has 0 saturated heterocycles. The van der Waals surface area contributed by atoms with Crippen molar-refractivity contribution in [2.75, 3.05) is 10.0 Å². The summed E-state index contributed by atoms with van der Waals surface area (Å²) in [4.78, 5) is 0.279. The third kappa shape index (κ3) is 3.70. The van der Waals surface area contributed by atoms with Gasteiger partial charge in [-0.1, -0.05) is 54.1 Å². The van der Waals surface area contributed by atoms with E-state index >= 15 is 0 Å². The molecular weight excluding hydrogens is 440 g/mol. The van der Waals surface area contributed by atoms with Crippen LogP contribution in [0.4, 0.5) is 11.4 Å². The highest BCUT2D eigenvalue weighted by molar-refractivity contribution is 7.92. The number of sulfonamides is 1. The highest BCUT2D eigenvalue weighted by Gasteiger charge is 2.38. The maximum absolute atomic E-state index is 13.2. The second-order valence-corrected chi connectivity index (χ2v) is 10.8. The first kappa shape index (κ1) is 21.1. The van der Waals surface area contributed by atoms with Gasteiger partial charge >= 0.3 is 0 Å². The lowest BCUT2D eigenvalue weighted by Crippen LogP contribution is -2.29. The molecule has 0 unspecified atom stereocenters. The van der Waals surface area contributed by atoms with Crippen molar-refractivity contribution in [1.29, 1.82) is 0 Å². The molecule has 6 heteroatoms. The first-order valence-corrected chi connectivity index (χ1v) is 12.6. The number of aryl methyl sites for hydroxylation is 2. The Labute approximate surface area is 194 Å². The van der Waals surface area contributed by atoms with Crippen molar-refractivity contribution >= 4 is 33.0 Å². The highest BCUT2D eigenvalue weighted by atomic mass is 35.5. The molecule has 0 radical (unpaired) electrons. The zero-order valence-corrected chi connectivity index (χ0v) is 19.5. The minimum atomic E-state index is -3.71. The molecule has 0 spiro atoms. The van der Waals surface area contributed by atoms with E-state index in [1.807, 2.05) is 62.4 Å². The van der Waals surface area contributed by atoms with Crippen LogP contribution < -0.4 is 10.0 Å². The van der Waals surface area contributed by atoms with Crippen molar-refractivity contribution in [3.05, 3.63) is 100 Å². The molecule has 4 nitrogen and oxygen atoms in total. The fraction of sp³-hybridized carbons (Fsp3) is 0.231. The van der Waals surface area contributed by atoms with E-state index in [0.29, 0.717) is 11.6 Å². The first-order chi connectivity index (χ1) is 15.3. The number of anilines is 2. The lowest BCUT2D eigenvalue weighted by atomic mass is 9.77. The second-order valence-electron chi connectivity index (χ2n) is 8.65. The van der Waals surface area contributed by atoms with Gasteiger partial charge in [0.2, 0.25) is 0 Å². The smallest absolute Gasteiger partial charge is 0.261 e. The molecule has 0 amide bonds. The van der Waals surface area contributed by atoms with Crippen molar-refractivity contribution in [2.45, 2.75) is 37.1 Å². The molecular formula is C26H25ClN2O2S. The SMILES string of the molecule is Cc1cccc(C)c1NS(=O)(=O)c1ccc2c(c1)[C@H]1C=CC[C@H]1[C@@H](c1cccc(Cl)c1)N2. The Morgan fingerprint density at radius 1 is 1.00 bits per heavy atom. The summed E-state index contributed by atoms with van der Waals surface area (Å²) >= 11 is 6.25. The van der Waals surface area contributed by atoms with Crippen molar-refractivity contribution in [3.63, 3.8) is 0 Å². The van der Waals surface area contributed by atoms with Gasteiger partial charge in [0.15, 0.2) is 0 Å². The third-order valence-corrected chi connectivity index (χ3v) is 8.15. The summed E-state index contributed by atoms with van der Waals surface area (Å²) in [6.07, 6.45) is 5.34. The topological polar surface area (TPSA) is 58.2 Å². The molecule has 1 heterocycles. The van der Waals surface area contributed by atoms with E-state index < -0.39 is 10.0 Å². The fourth-order valence-electron chi connectivity index (χ4n) is 4.94. The molecule has 2 N–H and O–H groups in total. The van der Waals surface area contributed by atoms with Crippen LogP contribution in [0, 0.1) is 19.8 Å². The van der Waals surface area contributed by atoms with E-state index in [-0.39, 0.29) is 16.9 Å². The van der Waals surface area contributed by atoms with Crippen LogP contribution in [0.15, 0.2) is 77.7 Å². The van der Waals surface area contributed by atoms with Gasteiger partial charge in [0.1, 0.15) is 0 Å². The van der Waals surface area contributed by atoms with Crippen LogP contribution in [0.2, 0.25) is 5.02 Å². The number of fused-ring (bicyclic) bond motifs is 3. The zero-order chi connectivity index (χ0) is 22.5. The molecule has 1 aliphatic carbocycles. The Balaban J connectivity index is 1.51. The van der Waals surface area contributed by atoms with E-state index in [9.17, 15) is 8.42 Å². The van der Waals surface area contributed by atoms with Gasteiger partial charge in [-0.25, -0.2) is 8.42 Å². The summed E-state index contributed by atoms with van der Waals surface area (Å²) < 4.78 is 29.3. The van der Waals surface area contributed by atoms with E-state index in [4.69, 9.17) is 11.6 Å². The maximum Gasteiger partial charge on any atom is 0.261 e. The summed E-state index contributed by atoms with van der Waals surface area (Å²) in [5, 5.41) is 4.36. The standard InChI is InChI=1S/C26H25ClN2O2S/c1-16-6-3-7-17(2)25(16)29-32(30,31)20-12-13-24-23(15-20)21-10-5-11-22(21)26(28-24)18-8-4-9-19(27)14-18/h3-10,12-15,21-22,26,28-29H,11H2,1-2H3/t21-,22+,26+/m0/s1. The van der Waals surface area contributed by atoms with E-state index in [1.165, 1.54) is 0 Å². The number of halogens is 1. The van der Waals surface area contributed by atoms with Gasteiger partial charge in [-0.15, -0.1) is 0 Å². The highest BCUT2D eigenvalue weighted by Crippen LogP contribution is 2.50. The van der Waals surface area contributed by atoms with E-state index in [0.717, 1.165) is 39.4 Å². The average Bonchev–Trinajstić information content (AvgIpc) is 3.26. The quantitative estimate of drug-likeness (QED) is 0.428. The van der Waals surface area contributed by atoms with Crippen LogP contribution in [0.5, 0.6) is 0 Å². The molecule has 3 aromatic carbocycles. The lowest BCUT2D eigenvalue weighted by molar-refractivity contribution is 0.425. The molecule has 5 rings (SSSR count). The first-order valence-electron chi connectivity index (χ1n) is 10.7. The van der Waals surface area contributed by atoms with E-state index in [2.05, 4.69) is 28.3 Å². The normalized spacial score (nSPS) is 21.5. The molecule has 3 aromatic rings. The monoisotopic (exact) mass is 464 g/mol. The fourth-order valence-corrected chi connectivity index (χ4v) is 6.38. The predicted molar refractivity (Wildman–Crippen MR) is 131 cm³/mol.